The van der Waals surface area contributed by atoms with Crippen molar-refractivity contribution in [2.75, 3.05) is 5.33 Å². The van der Waals surface area contributed by atoms with E-state index in [2.05, 4.69) is 15.9 Å². The number of nitrogens with two attached hydrogens (primary N) is 1. The van der Waals surface area contributed by atoms with Crippen molar-refractivity contribution in [1.29, 1.82) is 0 Å². The van der Waals surface area contributed by atoms with E-state index in [1.54, 1.807) is 6.07 Å². The van der Waals surface area contributed by atoms with Crippen molar-refractivity contribution in [1.82, 2.24) is 0 Å². The zero-order valence-electron chi connectivity index (χ0n) is 6.59. The first-order chi connectivity index (χ1) is 5.79. The number of carbonyl (C=O) groups is 1. The third-order valence-corrected chi connectivity index (χ3v) is 2.17. The largest absolute Gasteiger partial charge is 0.326 e. The smallest absolute Gasteiger partial charge is 0.173 e. The van der Waals surface area contributed by atoms with Gasteiger partial charge in [0.1, 0.15) is 0 Å². The molecule has 2 nitrogen and oxygen atoms in total. The number of carbonyl (C=O) groups excluding carboxylic acids is 1. The highest BCUT2D eigenvalue weighted by Crippen LogP contribution is 2.09. The molecule has 1 aromatic rings. The van der Waals surface area contributed by atoms with Gasteiger partial charge in [0.25, 0.3) is 0 Å². The number of ketones is 1. The van der Waals surface area contributed by atoms with Crippen molar-refractivity contribution in [3.63, 3.8) is 0 Å². The third kappa shape index (κ3) is 1.93. The van der Waals surface area contributed by atoms with E-state index in [1.807, 2.05) is 18.2 Å². The van der Waals surface area contributed by atoms with Crippen molar-refractivity contribution < 1.29 is 4.79 Å². The molecule has 0 aromatic heterocycles. The lowest BCUT2D eigenvalue weighted by molar-refractivity contribution is 0.102. The third-order valence-electron chi connectivity index (χ3n) is 1.66. The molecule has 0 atom stereocenters. The summed E-state index contributed by atoms with van der Waals surface area (Å²) >= 11 is 3.12. The standard InChI is InChI=1S/C9H10BrNO/c10-5-9(12)8-4-2-1-3-7(8)6-11/h1-4H,5-6,11H2. The number of benzene rings is 1. The van der Waals surface area contributed by atoms with E-state index in [0.29, 0.717) is 11.9 Å². The molecule has 0 saturated carbocycles. The van der Waals surface area contributed by atoms with Crippen LogP contribution in [-0.2, 0) is 6.54 Å². The van der Waals surface area contributed by atoms with E-state index in [9.17, 15) is 4.79 Å². The summed E-state index contributed by atoms with van der Waals surface area (Å²) in [6.45, 7) is 0.412. The van der Waals surface area contributed by atoms with Crippen LogP contribution in [0.25, 0.3) is 0 Å². The number of halogens is 1. The van der Waals surface area contributed by atoms with Crippen LogP contribution in [0, 0.1) is 0 Å². The Morgan fingerprint density at radius 3 is 2.67 bits per heavy atom. The summed E-state index contributed by atoms with van der Waals surface area (Å²) in [6.07, 6.45) is 0. The van der Waals surface area contributed by atoms with Gasteiger partial charge in [0.2, 0.25) is 0 Å². The first kappa shape index (κ1) is 9.42. The molecule has 0 radical (unpaired) electrons. The highest BCUT2D eigenvalue weighted by atomic mass is 79.9. The molecule has 1 rings (SSSR count). The van der Waals surface area contributed by atoms with Gasteiger partial charge in [-0.2, -0.15) is 0 Å². The SMILES string of the molecule is NCc1ccccc1C(=O)CBr. The zero-order valence-corrected chi connectivity index (χ0v) is 8.17. The zero-order chi connectivity index (χ0) is 8.97. The number of hydrogen-bond acceptors (Lipinski definition) is 2. The Morgan fingerprint density at radius 1 is 1.42 bits per heavy atom. The number of rotatable bonds is 3. The minimum absolute atomic E-state index is 0.0797. The van der Waals surface area contributed by atoms with Gasteiger partial charge in [-0.25, -0.2) is 0 Å². The first-order valence-electron chi connectivity index (χ1n) is 3.66. The molecule has 64 valence electrons. The molecule has 2 N–H and O–H groups in total. The van der Waals surface area contributed by atoms with Crippen LogP contribution >= 0.6 is 15.9 Å². The average molecular weight is 228 g/mol. The van der Waals surface area contributed by atoms with Crippen LogP contribution in [0.5, 0.6) is 0 Å². The van der Waals surface area contributed by atoms with Crippen LogP contribution in [0.1, 0.15) is 15.9 Å². The molecule has 3 heteroatoms. The molecule has 0 aliphatic rings. The molecule has 0 fully saturated rings. The van der Waals surface area contributed by atoms with Gasteiger partial charge in [-0.3, -0.25) is 4.79 Å². The van der Waals surface area contributed by atoms with Gasteiger partial charge in [-0.15, -0.1) is 0 Å². The maximum Gasteiger partial charge on any atom is 0.173 e. The van der Waals surface area contributed by atoms with Gasteiger partial charge in [-0.05, 0) is 5.56 Å². The summed E-state index contributed by atoms with van der Waals surface area (Å²) in [6, 6.07) is 7.39. The molecule has 0 saturated heterocycles. The molecule has 12 heavy (non-hydrogen) atoms. The summed E-state index contributed by atoms with van der Waals surface area (Å²) < 4.78 is 0. The monoisotopic (exact) mass is 227 g/mol. The minimum Gasteiger partial charge on any atom is -0.326 e. The second-order valence-electron chi connectivity index (χ2n) is 2.42. The fourth-order valence-electron chi connectivity index (χ4n) is 1.04. The van der Waals surface area contributed by atoms with E-state index in [0.717, 1.165) is 11.1 Å². The lowest BCUT2D eigenvalue weighted by atomic mass is 10.1. The Hall–Kier alpha value is -0.670. The van der Waals surface area contributed by atoms with E-state index >= 15 is 0 Å². The molecule has 1 aromatic carbocycles. The van der Waals surface area contributed by atoms with Crippen LogP contribution in [0.3, 0.4) is 0 Å². The fourth-order valence-corrected chi connectivity index (χ4v) is 1.34. The van der Waals surface area contributed by atoms with E-state index in [1.165, 1.54) is 0 Å². The Balaban J connectivity index is 3.04. The van der Waals surface area contributed by atoms with Crippen molar-refractivity contribution in [2.24, 2.45) is 5.73 Å². The Kier molecular flexibility index (Phi) is 3.44. The topological polar surface area (TPSA) is 43.1 Å². The second kappa shape index (κ2) is 4.38. The minimum atomic E-state index is 0.0797. The summed E-state index contributed by atoms with van der Waals surface area (Å²) in [4.78, 5) is 11.3. The molecule has 0 amide bonds. The van der Waals surface area contributed by atoms with Gasteiger partial charge < -0.3 is 5.73 Å². The van der Waals surface area contributed by atoms with Gasteiger partial charge in [0.05, 0.1) is 5.33 Å². The van der Waals surface area contributed by atoms with Crippen molar-refractivity contribution in [2.45, 2.75) is 6.54 Å². The van der Waals surface area contributed by atoms with Crippen LogP contribution < -0.4 is 5.73 Å². The average Bonchev–Trinajstić information content (AvgIpc) is 2.16. The normalized spacial score (nSPS) is 9.83. The maximum absolute atomic E-state index is 11.3. The second-order valence-corrected chi connectivity index (χ2v) is 2.98. The number of Topliss-reactive ketones (excluding diaryl/α,β-unsaturated/α-hetero) is 1. The van der Waals surface area contributed by atoms with Crippen molar-refractivity contribution >= 4 is 21.7 Å². The summed E-state index contributed by atoms with van der Waals surface area (Å²) in [5.74, 6) is 0.0797. The van der Waals surface area contributed by atoms with Crippen molar-refractivity contribution in [3.8, 4) is 0 Å². The molecule has 0 spiro atoms. The number of alkyl halides is 1. The lowest BCUT2D eigenvalue weighted by Gasteiger charge is -2.03. The number of hydrogen-bond donors (Lipinski definition) is 1. The Bertz CT molecular complexity index is 286. The van der Waals surface area contributed by atoms with Gasteiger partial charge in [0, 0.05) is 12.1 Å². The summed E-state index contributed by atoms with van der Waals surface area (Å²) in [5.41, 5.74) is 7.10. The molecular weight excluding hydrogens is 218 g/mol. The van der Waals surface area contributed by atoms with Crippen LogP contribution in [0.15, 0.2) is 24.3 Å². The predicted octanol–water partition coefficient (Wildman–Crippen LogP) is 1.72. The van der Waals surface area contributed by atoms with E-state index in [4.69, 9.17) is 5.73 Å². The fraction of sp³-hybridized carbons (Fsp3) is 0.222. The van der Waals surface area contributed by atoms with E-state index in [-0.39, 0.29) is 5.78 Å². The summed E-state index contributed by atoms with van der Waals surface area (Å²) in [5, 5.41) is 0.351. The van der Waals surface area contributed by atoms with E-state index < -0.39 is 0 Å². The molecule has 0 heterocycles. The highest BCUT2D eigenvalue weighted by Gasteiger charge is 2.06. The Labute approximate surface area is 79.9 Å². The highest BCUT2D eigenvalue weighted by molar-refractivity contribution is 9.09. The lowest BCUT2D eigenvalue weighted by Crippen LogP contribution is -2.07. The van der Waals surface area contributed by atoms with Crippen LogP contribution in [0.4, 0.5) is 0 Å². The quantitative estimate of drug-likeness (QED) is 0.632. The molecule has 0 bridgehead atoms. The van der Waals surface area contributed by atoms with Crippen molar-refractivity contribution in [3.05, 3.63) is 35.4 Å². The van der Waals surface area contributed by atoms with Gasteiger partial charge >= 0.3 is 0 Å². The van der Waals surface area contributed by atoms with Crippen LogP contribution in [-0.4, -0.2) is 11.1 Å². The molecule has 0 aliphatic carbocycles. The van der Waals surface area contributed by atoms with Crippen LogP contribution in [0.2, 0.25) is 0 Å². The van der Waals surface area contributed by atoms with Gasteiger partial charge in [-0.1, -0.05) is 40.2 Å². The maximum atomic E-state index is 11.3. The first-order valence-corrected chi connectivity index (χ1v) is 4.79. The predicted molar refractivity (Wildman–Crippen MR) is 52.5 cm³/mol. The molecular formula is C9H10BrNO. The van der Waals surface area contributed by atoms with Gasteiger partial charge in [0.15, 0.2) is 5.78 Å². The molecule has 0 aliphatic heterocycles. The summed E-state index contributed by atoms with van der Waals surface area (Å²) in [7, 11) is 0. The molecule has 0 unspecified atom stereocenters. The Morgan fingerprint density at radius 2 is 2.08 bits per heavy atom.